The van der Waals surface area contributed by atoms with Gasteiger partial charge >= 0.3 is 11.9 Å². The summed E-state index contributed by atoms with van der Waals surface area (Å²) < 4.78 is 9.81. The molecule has 5 heteroatoms. The average molecular weight is 266 g/mol. The molecule has 19 heavy (non-hydrogen) atoms. The predicted octanol–water partition coefficient (Wildman–Crippen LogP) is 2.53. The number of aliphatic hydroxyl groups excluding tert-OH is 1. The number of esters is 2. The van der Waals surface area contributed by atoms with Crippen molar-refractivity contribution in [2.24, 2.45) is 0 Å². The third-order valence-corrected chi connectivity index (χ3v) is 3.51. The molecule has 0 amide bonds. The number of fused-ring (bicyclic) bond motifs is 1. The lowest BCUT2D eigenvalue weighted by Crippen LogP contribution is -2.10. The van der Waals surface area contributed by atoms with Gasteiger partial charge in [-0.3, -0.25) is 0 Å². The van der Waals surface area contributed by atoms with Gasteiger partial charge in [0, 0.05) is 5.57 Å². The van der Waals surface area contributed by atoms with Gasteiger partial charge in [-0.25, -0.2) is 9.59 Å². The van der Waals surface area contributed by atoms with E-state index < -0.39 is 11.9 Å². The average Bonchev–Trinajstić information content (AvgIpc) is 2.69. The summed E-state index contributed by atoms with van der Waals surface area (Å²) in [6.07, 6.45) is 5.94. The Morgan fingerprint density at radius 2 is 1.79 bits per heavy atom. The maximum Gasteiger partial charge on any atom is 0.379 e. The fraction of sp³-hybridized carbons (Fsp3) is 0.571. The first-order valence-electron chi connectivity index (χ1n) is 6.61. The number of allylic oxidation sites excluding steroid dienone is 1. The van der Waals surface area contributed by atoms with Crippen LogP contribution in [0.1, 0.15) is 44.9 Å². The maximum atomic E-state index is 11.8. The summed E-state index contributed by atoms with van der Waals surface area (Å²) in [6.45, 7) is 0. The Kier molecular flexibility index (Phi) is 4.24. The second-order valence-electron chi connectivity index (χ2n) is 4.78. The van der Waals surface area contributed by atoms with Crippen molar-refractivity contribution in [1.82, 2.24) is 0 Å². The van der Waals surface area contributed by atoms with E-state index in [1.54, 1.807) is 0 Å². The first kappa shape index (κ1) is 13.6. The zero-order valence-corrected chi connectivity index (χ0v) is 11.0. The van der Waals surface area contributed by atoms with Gasteiger partial charge in [0.25, 0.3) is 0 Å². The summed E-state index contributed by atoms with van der Waals surface area (Å²) in [5.74, 6) is -1.41. The fourth-order valence-corrected chi connectivity index (χ4v) is 2.47. The van der Waals surface area contributed by atoms with E-state index in [1.165, 1.54) is 7.11 Å². The van der Waals surface area contributed by atoms with Crippen LogP contribution >= 0.6 is 0 Å². The molecule has 104 valence electrons. The first-order chi connectivity index (χ1) is 9.15. The summed E-state index contributed by atoms with van der Waals surface area (Å²) in [5, 5.41) is 9.76. The minimum absolute atomic E-state index is 0.219. The summed E-state index contributed by atoms with van der Waals surface area (Å²) in [6, 6.07) is 0. The predicted molar refractivity (Wildman–Crippen MR) is 67.1 cm³/mol. The molecule has 1 N–H and O–H groups in total. The Bertz CT molecular complexity index is 458. The molecule has 0 radical (unpaired) electrons. The second-order valence-corrected chi connectivity index (χ2v) is 4.78. The van der Waals surface area contributed by atoms with Crippen LogP contribution in [0.3, 0.4) is 0 Å². The van der Waals surface area contributed by atoms with Crippen LogP contribution in [0.25, 0.3) is 0 Å². The first-order valence-corrected chi connectivity index (χ1v) is 6.61. The molecule has 2 rings (SSSR count). The lowest BCUT2D eigenvalue weighted by molar-refractivity contribution is -0.137. The Morgan fingerprint density at radius 1 is 1.16 bits per heavy atom. The monoisotopic (exact) mass is 266 g/mol. The largest absolute Gasteiger partial charge is 0.502 e. The summed E-state index contributed by atoms with van der Waals surface area (Å²) in [5.41, 5.74) is 0.809. The quantitative estimate of drug-likeness (QED) is 0.738. The van der Waals surface area contributed by atoms with Crippen molar-refractivity contribution < 1.29 is 24.2 Å². The molecule has 0 fully saturated rings. The van der Waals surface area contributed by atoms with Crippen molar-refractivity contribution in [2.45, 2.75) is 44.9 Å². The van der Waals surface area contributed by atoms with Crippen molar-refractivity contribution in [2.75, 3.05) is 7.11 Å². The number of rotatable bonds is 1. The number of methoxy groups -OCH3 is 1. The molecule has 0 aromatic carbocycles. The van der Waals surface area contributed by atoms with Crippen LogP contribution in [0.2, 0.25) is 0 Å². The molecular weight excluding hydrogens is 248 g/mol. The number of carbonyl (C=O) groups is 2. The summed E-state index contributed by atoms with van der Waals surface area (Å²) >= 11 is 0. The minimum atomic E-state index is -0.773. The SMILES string of the molecule is COC(=O)/C1=C2\OC(=O)C(O)=C2CCCCCCC1. The molecule has 0 saturated heterocycles. The number of hydrogen-bond donors (Lipinski definition) is 1. The normalized spacial score (nSPS) is 24.8. The molecule has 0 unspecified atom stereocenters. The molecule has 5 nitrogen and oxygen atoms in total. The van der Waals surface area contributed by atoms with E-state index in [0.717, 1.165) is 32.1 Å². The van der Waals surface area contributed by atoms with Gasteiger partial charge in [-0.2, -0.15) is 0 Å². The van der Waals surface area contributed by atoms with Crippen molar-refractivity contribution in [3.05, 3.63) is 22.7 Å². The van der Waals surface area contributed by atoms with Gasteiger partial charge in [-0.05, 0) is 25.7 Å². The van der Waals surface area contributed by atoms with Gasteiger partial charge in [0.15, 0.2) is 0 Å². The Labute approximate surface area is 111 Å². The Hall–Kier alpha value is -1.78. The van der Waals surface area contributed by atoms with Crippen molar-refractivity contribution >= 4 is 11.9 Å². The van der Waals surface area contributed by atoms with Crippen molar-refractivity contribution in [1.29, 1.82) is 0 Å². The number of hydrogen-bond acceptors (Lipinski definition) is 5. The summed E-state index contributed by atoms with van der Waals surface area (Å²) in [7, 11) is 1.30. The number of aliphatic hydroxyl groups is 1. The van der Waals surface area contributed by atoms with E-state index in [0.29, 0.717) is 24.0 Å². The molecule has 0 aromatic rings. The van der Waals surface area contributed by atoms with E-state index in [-0.39, 0.29) is 11.5 Å². The van der Waals surface area contributed by atoms with E-state index in [1.807, 2.05) is 0 Å². The molecule has 0 atom stereocenters. The maximum absolute atomic E-state index is 11.8. The van der Waals surface area contributed by atoms with Gasteiger partial charge in [-0.1, -0.05) is 19.3 Å². The molecule has 1 aliphatic carbocycles. The summed E-state index contributed by atoms with van der Waals surface area (Å²) in [4.78, 5) is 23.3. The molecule has 1 aliphatic heterocycles. The topological polar surface area (TPSA) is 72.8 Å². The zero-order valence-electron chi connectivity index (χ0n) is 11.0. The molecule has 0 spiro atoms. The Morgan fingerprint density at radius 3 is 2.47 bits per heavy atom. The fourth-order valence-electron chi connectivity index (χ4n) is 2.47. The highest BCUT2D eigenvalue weighted by molar-refractivity contribution is 5.96. The molecule has 2 aliphatic rings. The highest BCUT2D eigenvalue weighted by Gasteiger charge is 2.34. The molecule has 1 heterocycles. The molecule has 0 aromatic heterocycles. The zero-order chi connectivity index (χ0) is 13.8. The minimum Gasteiger partial charge on any atom is -0.502 e. The molecule has 0 saturated carbocycles. The Balaban J connectivity index is 2.43. The van der Waals surface area contributed by atoms with Crippen molar-refractivity contribution in [3.8, 4) is 0 Å². The van der Waals surface area contributed by atoms with Gasteiger partial charge in [-0.15, -0.1) is 0 Å². The standard InChI is InChI=1S/C14H18O5/c1-18-13(16)10-8-6-4-2-3-5-7-9-11(15)14(17)19-12(9)10/h15H,2-8H2,1H3/b12-10-. The second kappa shape index (κ2) is 5.91. The molecule has 0 bridgehead atoms. The number of ether oxygens (including phenoxy) is 2. The van der Waals surface area contributed by atoms with Gasteiger partial charge in [0.2, 0.25) is 5.76 Å². The third kappa shape index (κ3) is 2.80. The highest BCUT2D eigenvalue weighted by Crippen LogP contribution is 2.34. The third-order valence-electron chi connectivity index (χ3n) is 3.51. The van der Waals surface area contributed by atoms with Gasteiger partial charge in [0.05, 0.1) is 12.7 Å². The van der Waals surface area contributed by atoms with Crippen LogP contribution < -0.4 is 0 Å². The van der Waals surface area contributed by atoms with Crippen LogP contribution in [0.15, 0.2) is 22.7 Å². The lowest BCUT2D eigenvalue weighted by atomic mass is 9.96. The van der Waals surface area contributed by atoms with E-state index in [4.69, 9.17) is 9.47 Å². The van der Waals surface area contributed by atoms with Crippen molar-refractivity contribution in [3.63, 3.8) is 0 Å². The van der Waals surface area contributed by atoms with Crippen LogP contribution in [0, 0.1) is 0 Å². The lowest BCUT2D eigenvalue weighted by Gasteiger charge is -2.13. The van der Waals surface area contributed by atoms with E-state index in [9.17, 15) is 14.7 Å². The van der Waals surface area contributed by atoms with E-state index >= 15 is 0 Å². The van der Waals surface area contributed by atoms with E-state index in [2.05, 4.69) is 0 Å². The van der Waals surface area contributed by atoms with Gasteiger partial charge < -0.3 is 14.6 Å². The van der Waals surface area contributed by atoms with Crippen LogP contribution in [-0.2, 0) is 19.1 Å². The van der Waals surface area contributed by atoms with Crippen LogP contribution in [-0.4, -0.2) is 24.2 Å². The molecular formula is C14H18O5. The van der Waals surface area contributed by atoms with Gasteiger partial charge in [0.1, 0.15) is 5.76 Å². The number of carbonyl (C=O) groups excluding carboxylic acids is 2. The highest BCUT2D eigenvalue weighted by atomic mass is 16.6. The smallest absolute Gasteiger partial charge is 0.379 e. The van der Waals surface area contributed by atoms with Crippen LogP contribution in [0.5, 0.6) is 0 Å². The van der Waals surface area contributed by atoms with Crippen LogP contribution in [0.4, 0.5) is 0 Å².